The molecule has 0 radical (unpaired) electrons. The quantitative estimate of drug-likeness (QED) is 0.148. The Labute approximate surface area is 251 Å². The molecule has 1 aliphatic carbocycles. The number of ether oxygens (including phenoxy) is 1. The lowest BCUT2D eigenvalue weighted by molar-refractivity contribution is -0.111. The highest BCUT2D eigenvalue weighted by atomic mass is 16.5. The second kappa shape index (κ2) is 12.5. The number of carbonyl (C=O) groups is 1. The fourth-order valence-corrected chi connectivity index (χ4v) is 5.25. The van der Waals surface area contributed by atoms with Crippen LogP contribution in [0.5, 0.6) is 11.5 Å². The van der Waals surface area contributed by atoms with Crippen molar-refractivity contribution >= 4 is 23.1 Å². The van der Waals surface area contributed by atoms with E-state index in [2.05, 4.69) is 22.6 Å². The number of benzene rings is 3. The zero-order chi connectivity index (χ0) is 30.7. The van der Waals surface area contributed by atoms with Gasteiger partial charge in [0.15, 0.2) is 0 Å². The van der Waals surface area contributed by atoms with Gasteiger partial charge in [-0.25, -0.2) is 9.36 Å². The first-order chi connectivity index (χ1) is 20.7. The molecule has 1 saturated carbocycles. The van der Waals surface area contributed by atoms with E-state index in [0.717, 1.165) is 23.4 Å². The first-order valence-corrected chi connectivity index (χ1v) is 14.4. The summed E-state index contributed by atoms with van der Waals surface area (Å²) in [4.78, 5) is 29.1. The largest absolute Gasteiger partial charge is 0.457 e. The van der Waals surface area contributed by atoms with Crippen molar-refractivity contribution in [1.29, 1.82) is 5.41 Å². The summed E-state index contributed by atoms with van der Waals surface area (Å²) in [6, 6.07) is 21.2. The van der Waals surface area contributed by atoms with Crippen LogP contribution in [0.15, 0.2) is 83.7 Å². The third-order valence-electron chi connectivity index (χ3n) is 7.45. The topological polar surface area (TPSA) is 104 Å². The molecule has 0 atom stereocenters. The second-order valence-electron chi connectivity index (χ2n) is 11.0. The van der Waals surface area contributed by atoms with E-state index >= 15 is 0 Å². The summed E-state index contributed by atoms with van der Waals surface area (Å²) in [6.07, 6.45) is 5.84. The van der Waals surface area contributed by atoms with E-state index in [-0.39, 0.29) is 17.3 Å². The van der Waals surface area contributed by atoms with Crippen molar-refractivity contribution in [2.24, 2.45) is 0 Å². The zero-order valence-electron chi connectivity index (χ0n) is 25.3. The van der Waals surface area contributed by atoms with Crippen LogP contribution in [0, 0.1) is 19.3 Å². The van der Waals surface area contributed by atoms with Crippen molar-refractivity contribution in [3.05, 3.63) is 106 Å². The van der Waals surface area contributed by atoms with Crippen LogP contribution in [0.3, 0.4) is 0 Å². The minimum Gasteiger partial charge on any atom is -0.457 e. The predicted molar refractivity (Wildman–Crippen MR) is 173 cm³/mol. The number of para-hydroxylation sites is 1. The lowest BCUT2D eigenvalue weighted by Gasteiger charge is -2.13. The number of aryl methyl sites for hydroxylation is 2. The summed E-state index contributed by atoms with van der Waals surface area (Å²) in [5.41, 5.74) is 3.82. The third kappa shape index (κ3) is 6.62. The van der Waals surface area contributed by atoms with Gasteiger partial charge in [0.1, 0.15) is 23.0 Å². The minimum atomic E-state index is -0.336. The maximum Gasteiger partial charge on any atom is 0.339 e. The van der Waals surface area contributed by atoms with Gasteiger partial charge in [-0.05, 0) is 100 Å². The number of aromatic nitrogens is 2. The highest BCUT2D eigenvalue weighted by molar-refractivity contribution is 6.01. The standard InChI is InChI=1S/C34H38N6O3/c1-22-18-25(37-31(41)12-9-17-38(5)26-13-14-26)21-27(19-22)39-33(36-4)32(24(3)35)40(34(39)42)30-16-15-29(20-23(30)2)43-28-10-7-6-8-11-28/h6-12,15-16,18-21,26,35-36H,13-14,17H2,1-5H3,(H,37,41)/b12-9+,35-24?. The molecule has 4 aromatic rings. The van der Waals surface area contributed by atoms with Crippen LogP contribution in [0.25, 0.3) is 11.4 Å². The second-order valence-corrected chi connectivity index (χ2v) is 11.0. The molecule has 43 heavy (non-hydrogen) atoms. The van der Waals surface area contributed by atoms with Crippen LogP contribution >= 0.6 is 0 Å². The SMILES string of the molecule is CNc1c(C(C)=N)n(-c2ccc(Oc3ccccc3)cc2C)c(=O)n1-c1cc(C)cc(NC(=O)/C=C/CN(C)C2CC2)c1. The van der Waals surface area contributed by atoms with Gasteiger partial charge in [0, 0.05) is 31.4 Å². The van der Waals surface area contributed by atoms with Crippen molar-refractivity contribution in [3.8, 4) is 22.9 Å². The molecule has 0 unspecified atom stereocenters. The van der Waals surface area contributed by atoms with Crippen LogP contribution in [0.4, 0.5) is 11.5 Å². The molecule has 1 aliphatic rings. The molecular weight excluding hydrogens is 540 g/mol. The molecule has 0 saturated heterocycles. The van der Waals surface area contributed by atoms with E-state index in [4.69, 9.17) is 10.1 Å². The van der Waals surface area contributed by atoms with Gasteiger partial charge in [-0.2, -0.15) is 0 Å². The Morgan fingerprint density at radius 1 is 1.05 bits per heavy atom. The van der Waals surface area contributed by atoms with Crippen LogP contribution in [-0.2, 0) is 4.79 Å². The minimum absolute atomic E-state index is 0.228. The summed E-state index contributed by atoms with van der Waals surface area (Å²) in [5.74, 6) is 1.61. The molecule has 3 N–H and O–H groups in total. The van der Waals surface area contributed by atoms with Gasteiger partial charge in [-0.1, -0.05) is 24.3 Å². The molecule has 1 aromatic heterocycles. The van der Waals surface area contributed by atoms with Crippen LogP contribution in [0.2, 0.25) is 0 Å². The highest BCUT2D eigenvalue weighted by Crippen LogP contribution is 2.29. The third-order valence-corrected chi connectivity index (χ3v) is 7.45. The molecule has 9 nitrogen and oxygen atoms in total. The molecule has 0 spiro atoms. The predicted octanol–water partition coefficient (Wildman–Crippen LogP) is 6.06. The summed E-state index contributed by atoms with van der Waals surface area (Å²) in [6.45, 7) is 6.21. The van der Waals surface area contributed by atoms with E-state index in [1.54, 1.807) is 35.2 Å². The Hall–Kier alpha value is -4.89. The maximum atomic E-state index is 14.2. The normalized spacial score (nSPS) is 13.0. The maximum absolute atomic E-state index is 14.2. The highest BCUT2D eigenvalue weighted by Gasteiger charge is 2.25. The van der Waals surface area contributed by atoms with Crippen molar-refractivity contribution in [2.75, 3.05) is 31.3 Å². The number of hydrogen-bond acceptors (Lipinski definition) is 6. The molecule has 1 fully saturated rings. The molecule has 5 rings (SSSR count). The lowest BCUT2D eigenvalue weighted by atomic mass is 10.1. The Bertz CT molecular complexity index is 1750. The van der Waals surface area contributed by atoms with E-state index in [0.29, 0.717) is 40.4 Å². The van der Waals surface area contributed by atoms with Crippen molar-refractivity contribution in [1.82, 2.24) is 14.0 Å². The van der Waals surface area contributed by atoms with Gasteiger partial charge in [0.2, 0.25) is 5.91 Å². The number of likely N-dealkylation sites (N-methyl/N-ethyl adjacent to an activating group) is 1. The summed E-state index contributed by atoms with van der Waals surface area (Å²) in [5, 5.41) is 14.7. The van der Waals surface area contributed by atoms with Gasteiger partial charge in [0.05, 0.1) is 17.1 Å². The summed E-state index contributed by atoms with van der Waals surface area (Å²) in [7, 11) is 3.79. The number of hydrogen-bond donors (Lipinski definition) is 3. The van der Waals surface area contributed by atoms with E-state index in [1.807, 2.05) is 80.6 Å². The number of rotatable bonds is 11. The molecular formula is C34H38N6O3. The molecule has 3 aromatic carbocycles. The Balaban J connectivity index is 1.50. The first kappa shape index (κ1) is 29.6. The van der Waals surface area contributed by atoms with Crippen LogP contribution in [-0.4, -0.2) is 52.3 Å². The first-order valence-electron chi connectivity index (χ1n) is 14.4. The van der Waals surface area contributed by atoms with Gasteiger partial charge >= 0.3 is 5.69 Å². The van der Waals surface area contributed by atoms with Gasteiger partial charge in [-0.3, -0.25) is 14.3 Å². The number of carbonyl (C=O) groups excluding carboxylic acids is 1. The number of amides is 1. The average molecular weight is 579 g/mol. The summed E-state index contributed by atoms with van der Waals surface area (Å²) < 4.78 is 9.09. The Kier molecular flexibility index (Phi) is 8.63. The number of nitrogens with zero attached hydrogens (tertiary/aromatic N) is 3. The molecule has 1 amide bonds. The molecule has 0 aliphatic heterocycles. The lowest BCUT2D eigenvalue weighted by Crippen LogP contribution is -2.24. The number of anilines is 2. The van der Waals surface area contributed by atoms with Gasteiger partial charge in [-0.15, -0.1) is 0 Å². The molecule has 9 heteroatoms. The van der Waals surface area contributed by atoms with Crippen molar-refractivity contribution < 1.29 is 9.53 Å². The molecule has 1 heterocycles. The van der Waals surface area contributed by atoms with Crippen molar-refractivity contribution in [3.63, 3.8) is 0 Å². The van der Waals surface area contributed by atoms with Gasteiger partial charge < -0.3 is 20.8 Å². The monoisotopic (exact) mass is 578 g/mol. The number of nitrogens with one attached hydrogen (secondary N) is 3. The van der Waals surface area contributed by atoms with Crippen molar-refractivity contribution in [2.45, 2.75) is 39.7 Å². The van der Waals surface area contributed by atoms with Crippen LogP contribution < -0.4 is 21.1 Å². The van der Waals surface area contributed by atoms with E-state index < -0.39 is 0 Å². The summed E-state index contributed by atoms with van der Waals surface area (Å²) >= 11 is 0. The molecule has 222 valence electrons. The molecule has 0 bridgehead atoms. The Morgan fingerprint density at radius 2 is 1.79 bits per heavy atom. The van der Waals surface area contributed by atoms with E-state index in [9.17, 15) is 9.59 Å². The van der Waals surface area contributed by atoms with E-state index in [1.165, 1.54) is 12.8 Å². The zero-order valence-corrected chi connectivity index (χ0v) is 25.3. The average Bonchev–Trinajstić information content (AvgIpc) is 3.77. The Morgan fingerprint density at radius 3 is 2.44 bits per heavy atom. The van der Waals surface area contributed by atoms with Gasteiger partial charge in [0.25, 0.3) is 0 Å². The fraction of sp³-hybridized carbons (Fsp3) is 0.265. The van der Waals surface area contributed by atoms with Crippen LogP contribution in [0.1, 0.15) is 36.6 Å². The smallest absolute Gasteiger partial charge is 0.339 e. The number of imidazole rings is 1. The fourth-order valence-electron chi connectivity index (χ4n) is 5.25.